The number of fused-ring (bicyclic) bond motifs is 1. The molecule has 0 spiro atoms. The number of phenolic OH excluding ortho intramolecular Hbond substituents is 1. The number of ketones is 1. The summed E-state index contributed by atoms with van der Waals surface area (Å²) >= 11 is 0. The Bertz CT molecular complexity index is 1170. The normalized spacial score (nSPS) is 18.7. The number of hydrogen-bond donors (Lipinski definition) is 2. The third-order valence-electron chi connectivity index (χ3n) is 6.51. The van der Waals surface area contributed by atoms with Crippen LogP contribution in [0.2, 0.25) is 0 Å². The van der Waals surface area contributed by atoms with Crippen LogP contribution in [-0.4, -0.2) is 77.7 Å². The molecule has 1 amide bonds. The Labute approximate surface area is 210 Å². The van der Waals surface area contributed by atoms with Gasteiger partial charge < -0.3 is 34.2 Å². The first-order chi connectivity index (χ1) is 17.4. The first kappa shape index (κ1) is 25.4. The van der Waals surface area contributed by atoms with E-state index in [1.54, 1.807) is 37.3 Å². The Morgan fingerprint density at radius 2 is 1.78 bits per heavy atom. The third kappa shape index (κ3) is 4.83. The molecular formula is C27H32N2O7. The van der Waals surface area contributed by atoms with E-state index in [4.69, 9.17) is 14.2 Å². The van der Waals surface area contributed by atoms with E-state index >= 15 is 0 Å². The monoisotopic (exact) mass is 496 g/mol. The molecular weight excluding hydrogens is 464 g/mol. The number of hydrogen-bond acceptors (Lipinski definition) is 8. The van der Waals surface area contributed by atoms with Crippen molar-refractivity contribution in [2.24, 2.45) is 0 Å². The molecule has 9 heteroatoms. The van der Waals surface area contributed by atoms with Gasteiger partial charge in [0, 0.05) is 18.7 Å². The van der Waals surface area contributed by atoms with Crippen LogP contribution in [0.15, 0.2) is 42.0 Å². The molecule has 0 aromatic heterocycles. The van der Waals surface area contributed by atoms with Gasteiger partial charge in [-0.25, -0.2) is 0 Å². The highest BCUT2D eigenvalue weighted by molar-refractivity contribution is 6.46. The van der Waals surface area contributed by atoms with Crippen LogP contribution < -0.4 is 14.2 Å². The second-order valence-electron chi connectivity index (χ2n) is 8.54. The number of phenols is 1. The van der Waals surface area contributed by atoms with Crippen LogP contribution in [0.5, 0.6) is 23.0 Å². The van der Waals surface area contributed by atoms with Crippen LogP contribution in [0.3, 0.4) is 0 Å². The molecule has 2 N–H and O–H groups in total. The van der Waals surface area contributed by atoms with Gasteiger partial charge in [0.25, 0.3) is 11.7 Å². The lowest BCUT2D eigenvalue weighted by Crippen LogP contribution is -2.38. The van der Waals surface area contributed by atoms with Crippen LogP contribution >= 0.6 is 0 Å². The van der Waals surface area contributed by atoms with Crippen LogP contribution in [0, 0.1) is 0 Å². The smallest absolute Gasteiger partial charge is 0.295 e. The van der Waals surface area contributed by atoms with Crippen molar-refractivity contribution in [1.82, 2.24) is 9.80 Å². The number of aliphatic hydroxyl groups excluding tert-OH is 1. The molecule has 2 heterocycles. The zero-order valence-electron chi connectivity index (χ0n) is 20.8. The van der Waals surface area contributed by atoms with Crippen LogP contribution in [0.4, 0.5) is 0 Å². The van der Waals surface area contributed by atoms with Crippen molar-refractivity contribution in [2.75, 3.05) is 46.0 Å². The van der Waals surface area contributed by atoms with Gasteiger partial charge in [0.15, 0.2) is 23.0 Å². The zero-order valence-corrected chi connectivity index (χ0v) is 20.8. The van der Waals surface area contributed by atoms with Gasteiger partial charge in [0.2, 0.25) is 0 Å². The molecule has 0 saturated carbocycles. The summed E-state index contributed by atoms with van der Waals surface area (Å²) < 4.78 is 16.7. The SMILES string of the molecule is CCOc1cc(C2/C(=C(\O)c3ccc4c(c3)OCCO4)C(=O)C(=O)N2CCN(CC)CC)ccc1O. The Morgan fingerprint density at radius 1 is 1.06 bits per heavy atom. The summed E-state index contributed by atoms with van der Waals surface area (Å²) in [5, 5.41) is 21.6. The van der Waals surface area contributed by atoms with Crippen molar-refractivity contribution in [1.29, 1.82) is 0 Å². The maximum atomic E-state index is 13.3. The molecule has 2 aliphatic heterocycles. The van der Waals surface area contributed by atoms with Gasteiger partial charge in [-0.1, -0.05) is 19.9 Å². The summed E-state index contributed by atoms with van der Waals surface area (Å²) in [4.78, 5) is 30.2. The number of aliphatic hydroxyl groups is 1. The number of rotatable bonds is 9. The maximum Gasteiger partial charge on any atom is 0.295 e. The summed E-state index contributed by atoms with van der Waals surface area (Å²) in [6.07, 6.45) is 0. The van der Waals surface area contributed by atoms with E-state index in [1.807, 2.05) is 13.8 Å². The molecule has 0 bridgehead atoms. The number of nitrogens with zero attached hydrogens (tertiary/aromatic N) is 2. The second-order valence-corrected chi connectivity index (χ2v) is 8.54. The number of likely N-dealkylation sites (N-methyl/N-ethyl adjacent to an activating group) is 1. The molecule has 0 radical (unpaired) electrons. The van der Waals surface area contributed by atoms with E-state index in [2.05, 4.69) is 4.90 Å². The number of benzene rings is 2. The molecule has 192 valence electrons. The van der Waals surface area contributed by atoms with E-state index in [-0.39, 0.29) is 22.8 Å². The lowest BCUT2D eigenvalue weighted by atomic mass is 9.94. The Morgan fingerprint density at radius 3 is 2.47 bits per heavy atom. The predicted octanol–water partition coefficient (Wildman–Crippen LogP) is 3.33. The van der Waals surface area contributed by atoms with Crippen molar-refractivity contribution in [3.63, 3.8) is 0 Å². The van der Waals surface area contributed by atoms with Crippen molar-refractivity contribution in [3.8, 4) is 23.0 Å². The molecule has 0 aliphatic carbocycles. The molecule has 36 heavy (non-hydrogen) atoms. The summed E-state index contributed by atoms with van der Waals surface area (Å²) in [5.41, 5.74) is 0.869. The Balaban J connectivity index is 1.82. The van der Waals surface area contributed by atoms with Gasteiger partial charge in [-0.2, -0.15) is 0 Å². The molecule has 9 nitrogen and oxygen atoms in total. The fourth-order valence-corrected chi connectivity index (χ4v) is 4.56. The average Bonchev–Trinajstić information content (AvgIpc) is 3.15. The molecule has 2 aliphatic rings. The van der Waals surface area contributed by atoms with Gasteiger partial charge in [0.1, 0.15) is 19.0 Å². The summed E-state index contributed by atoms with van der Waals surface area (Å²) in [5.74, 6) is -0.548. The molecule has 2 aromatic rings. The fourth-order valence-electron chi connectivity index (χ4n) is 4.56. The number of carbonyl (C=O) groups excluding carboxylic acids is 2. The standard InChI is InChI=1S/C27H32N2O7/c1-4-28(5-2)11-12-29-24(17-7-9-19(30)21(15-17)34-6-3)23(26(32)27(29)33)25(31)18-8-10-20-22(16-18)36-14-13-35-20/h7-10,15-16,24,30-31H,4-6,11-14H2,1-3H3/b25-23+. The van der Waals surface area contributed by atoms with Crippen LogP contribution in [0.1, 0.15) is 37.9 Å². The minimum Gasteiger partial charge on any atom is -0.507 e. The van der Waals surface area contributed by atoms with Crippen molar-refractivity contribution >= 4 is 17.4 Å². The van der Waals surface area contributed by atoms with Gasteiger partial charge in [-0.15, -0.1) is 0 Å². The fraction of sp³-hybridized carbons (Fsp3) is 0.407. The number of amides is 1. The van der Waals surface area contributed by atoms with E-state index in [9.17, 15) is 19.8 Å². The topological polar surface area (TPSA) is 109 Å². The molecule has 1 atom stereocenters. The van der Waals surface area contributed by atoms with Gasteiger partial charge in [-0.05, 0) is 55.9 Å². The van der Waals surface area contributed by atoms with Gasteiger partial charge in [-0.3, -0.25) is 9.59 Å². The van der Waals surface area contributed by atoms with E-state index < -0.39 is 17.7 Å². The highest BCUT2D eigenvalue weighted by atomic mass is 16.6. The lowest BCUT2D eigenvalue weighted by Gasteiger charge is -2.28. The van der Waals surface area contributed by atoms with Crippen molar-refractivity contribution in [3.05, 3.63) is 53.1 Å². The number of likely N-dealkylation sites (tertiary alicyclic amines) is 1. The van der Waals surface area contributed by atoms with E-state index in [1.165, 1.54) is 11.0 Å². The molecule has 1 unspecified atom stereocenters. The zero-order chi connectivity index (χ0) is 25.8. The number of Topliss-reactive ketones (excluding diaryl/α,β-unsaturated/α-hetero) is 1. The average molecular weight is 497 g/mol. The van der Waals surface area contributed by atoms with E-state index in [0.29, 0.717) is 55.5 Å². The first-order valence-electron chi connectivity index (χ1n) is 12.3. The number of carbonyl (C=O) groups is 2. The molecule has 1 fully saturated rings. The highest BCUT2D eigenvalue weighted by Gasteiger charge is 2.46. The van der Waals surface area contributed by atoms with E-state index in [0.717, 1.165) is 13.1 Å². The summed E-state index contributed by atoms with van der Waals surface area (Å²) in [6, 6.07) is 8.76. The van der Waals surface area contributed by atoms with Gasteiger partial charge in [0.05, 0.1) is 18.2 Å². The molecule has 2 aromatic carbocycles. The minimum atomic E-state index is -0.853. The third-order valence-corrected chi connectivity index (χ3v) is 6.51. The Hall–Kier alpha value is -3.72. The number of aromatic hydroxyl groups is 1. The van der Waals surface area contributed by atoms with Crippen LogP contribution in [-0.2, 0) is 9.59 Å². The number of ether oxygens (including phenoxy) is 3. The first-order valence-corrected chi connectivity index (χ1v) is 12.3. The van der Waals surface area contributed by atoms with Gasteiger partial charge >= 0.3 is 0 Å². The lowest BCUT2D eigenvalue weighted by molar-refractivity contribution is -0.140. The second kappa shape index (κ2) is 10.9. The molecule has 1 saturated heterocycles. The predicted molar refractivity (Wildman–Crippen MR) is 134 cm³/mol. The van der Waals surface area contributed by atoms with Crippen molar-refractivity contribution in [2.45, 2.75) is 26.8 Å². The molecule has 4 rings (SSSR count). The summed E-state index contributed by atoms with van der Waals surface area (Å²) in [6.45, 7) is 9.46. The van der Waals surface area contributed by atoms with Crippen molar-refractivity contribution < 1.29 is 34.0 Å². The quantitative estimate of drug-likeness (QED) is 0.309. The summed E-state index contributed by atoms with van der Waals surface area (Å²) in [7, 11) is 0. The van der Waals surface area contributed by atoms with Crippen LogP contribution in [0.25, 0.3) is 5.76 Å². The largest absolute Gasteiger partial charge is 0.507 e. The highest BCUT2D eigenvalue weighted by Crippen LogP contribution is 2.42. The Kier molecular flexibility index (Phi) is 7.69. The minimum absolute atomic E-state index is 0.0237. The maximum absolute atomic E-state index is 13.3.